The number of anilines is 1. The molecule has 1 aromatic heterocycles. The van der Waals surface area contributed by atoms with Crippen molar-refractivity contribution in [2.75, 3.05) is 39.1 Å². The van der Waals surface area contributed by atoms with E-state index in [-0.39, 0.29) is 5.54 Å². The van der Waals surface area contributed by atoms with Crippen LogP contribution in [0.15, 0.2) is 12.4 Å². The van der Waals surface area contributed by atoms with Gasteiger partial charge in [-0.05, 0) is 47.8 Å². The molecule has 0 bridgehead atoms. The minimum absolute atomic E-state index is 0.101. The first-order valence-electron chi connectivity index (χ1n) is 7.20. The summed E-state index contributed by atoms with van der Waals surface area (Å²) in [5.41, 5.74) is 1.08. The summed E-state index contributed by atoms with van der Waals surface area (Å²) in [6, 6.07) is 0. The number of nitrogens with one attached hydrogen (secondary N) is 1. The highest BCUT2D eigenvalue weighted by molar-refractivity contribution is 5.34. The summed E-state index contributed by atoms with van der Waals surface area (Å²) in [5, 5.41) is 3.41. The third-order valence-electron chi connectivity index (χ3n) is 2.98. The molecule has 20 heavy (non-hydrogen) atoms. The van der Waals surface area contributed by atoms with Crippen molar-refractivity contribution >= 4 is 5.82 Å². The smallest absolute Gasteiger partial charge is 0.146 e. The Bertz CT molecular complexity index is 380. The Kier molecular flexibility index (Phi) is 6.36. The second kappa shape index (κ2) is 7.55. The number of aromatic nitrogens is 2. The first kappa shape index (κ1) is 16.9. The Labute approximate surface area is 123 Å². The van der Waals surface area contributed by atoms with E-state index in [1.165, 1.54) is 0 Å². The van der Waals surface area contributed by atoms with Gasteiger partial charge in [-0.1, -0.05) is 0 Å². The molecule has 0 aliphatic carbocycles. The second-order valence-corrected chi connectivity index (χ2v) is 6.55. The summed E-state index contributed by atoms with van der Waals surface area (Å²) < 4.78 is 0. The maximum atomic E-state index is 4.49. The topological polar surface area (TPSA) is 44.3 Å². The van der Waals surface area contributed by atoms with Crippen molar-refractivity contribution in [3.8, 4) is 0 Å². The van der Waals surface area contributed by atoms with Crippen LogP contribution >= 0.6 is 0 Å². The van der Waals surface area contributed by atoms with Crippen molar-refractivity contribution in [3.63, 3.8) is 0 Å². The van der Waals surface area contributed by atoms with Crippen molar-refractivity contribution in [1.82, 2.24) is 20.2 Å². The van der Waals surface area contributed by atoms with Crippen LogP contribution in [0.4, 0.5) is 5.82 Å². The van der Waals surface area contributed by atoms with Crippen LogP contribution in [0.5, 0.6) is 0 Å². The van der Waals surface area contributed by atoms with Gasteiger partial charge in [0.15, 0.2) is 0 Å². The molecule has 0 aromatic carbocycles. The van der Waals surface area contributed by atoms with Gasteiger partial charge in [0.1, 0.15) is 5.82 Å². The van der Waals surface area contributed by atoms with Gasteiger partial charge in [-0.15, -0.1) is 0 Å². The molecule has 1 aromatic rings. The van der Waals surface area contributed by atoms with Crippen LogP contribution in [0.1, 0.15) is 32.9 Å². The van der Waals surface area contributed by atoms with Gasteiger partial charge in [0.2, 0.25) is 0 Å². The Hall–Kier alpha value is -1.20. The van der Waals surface area contributed by atoms with Crippen LogP contribution in [-0.2, 0) is 6.54 Å². The summed E-state index contributed by atoms with van der Waals surface area (Å²) in [7, 11) is 6.25. The molecular formula is C15H29N5. The molecule has 0 unspecified atom stereocenters. The van der Waals surface area contributed by atoms with Gasteiger partial charge in [-0.2, -0.15) is 0 Å². The lowest BCUT2D eigenvalue weighted by Crippen LogP contribution is -2.35. The molecule has 0 fully saturated rings. The summed E-state index contributed by atoms with van der Waals surface area (Å²) in [6.45, 7) is 9.27. The highest BCUT2D eigenvalue weighted by atomic mass is 15.2. The summed E-state index contributed by atoms with van der Waals surface area (Å²) in [5.74, 6) is 0.934. The van der Waals surface area contributed by atoms with Gasteiger partial charge >= 0.3 is 0 Å². The van der Waals surface area contributed by atoms with Gasteiger partial charge in [0.25, 0.3) is 0 Å². The molecule has 5 heteroatoms. The summed E-state index contributed by atoms with van der Waals surface area (Å²) >= 11 is 0. The molecule has 1 heterocycles. The van der Waals surface area contributed by atoms with Crippen molar-refractivity contribution in [3.05, 3.63) is 18.1 Å². The second-order valence-electron chi connectivity index (χ2n) is 6.55. The largest absolute Gasteiger partial charge is 0.358 e. The van der Waals surface area contributed by atoms with Crippen LogP contribution in [-0.4, -0.2) is 54.6 Å². The third kappa shape index (κ3) is 6.82. The fourth-order valence-corrected chi connectivity index (χ4v) is 1.73. The molecule has 0 aliphatic heterocycles. The number of hydrogen-bond acceptors (Lipinski definition) is 5. The van der Waals surface area contributed by atoms with Crippen LogP contribution in [0.2, 0.25) is 0 Å². The SMILES string of the molecule is CN(C)CCCN(C)c1cnc(CNC(C)(C)C)cn1. The fourth-order valence-electron chi connectivity index (χ4n) is 1.73. The Balaban J connectivity index is 2.45. The van der Waals surface area contributed by atoms with E-state index in [2.05, 4.69) is 67.0 Å². The van der Waals surface area contributed by atoms with Crippen LogP contribution in [0, 0.1) is 0 Å². The lowest BCUT2D eigenvalue weighted by molar-refractivity contribution is 0.401. The number of rotatable bonds is 7. The van der Waals surface area contributed by atoms with Gasteiger partial charge in [-0.25, -0.2) is 4.98 Å². The van der Waals surface area contributed by atoms with E-state index in [1.54, 1.807) is 0 Å². The molecule has 0 aliphatic rings. The van der Waals surface area contributed by atoms with Gasteiger partial charge < -0.3 is 15.1 Å². The highest BCUT2D eigenvalue weighted by Crippen LogP contribution is 2.08. The fraction of sp³-hybridized carbons (Fsp3) is 0.733. The normalized spacial score (nSPS) is 11.9. The molecule has 0 atom stereocenters. The quantitative estimate of drug-likeness (QED) is 0.824. The molecule has 5 nitrogen and oxygen atoms in total. The van der Waals surface area contributed by atoms with E-state index in [1.807, 2.05) is 12.4 Å². The van der Waals surface area contributed by atoms with E-state index >= 15 is 0 Å². The maximum Gasteiger partial charge on any atom is 0.146 e. The zero-order chi connectivity index (χ0) is 15.2. The minimum Gasteiger partial charge on any atom is -0.358 e. The van der Waals surface area contributed by atoms with E-state index in [0.29, 0.717) is 0 Å². The molecule has 0 radical (unpaired) electrons. The Morgan fingerprint density at radius 2 is 1.75 bits per heavy atom. The van der Waals surface area contributed by atoms with Crippen molar-refractivity contribution < 1.29 is 0 Å². The number of hydrogen-bond donors (Lipinski definition) is 1. The molecular weight excluding hydrogens is 250 g/mol. The van der Waals surface area contributed by atoms with Gasteiger partial charge in [0.05, 0.1) is 18.1 Å². The van der Waals surface area contributed by atoms with E-state index in [4.69, 9.17) is 0 Å². The van der Waals surface area contributed by atoms with Gasteiger partial charge in [0, 0.05) is 25.7 Å². The highest BCUT2D eigenvalue weighted by Gasteiger charge is 2.09. The van der Waals surface area contributed by atoms with E-state index in [9.17, 15) is 0 Å². The predicted molar refractivity (Wildman–Crippen MR) is 85.1 cm³/mol. The van der Waals surface area contributed by atoms with Crippen LogP contribution in [0.25, 0.3) is 0 Å². The molecule has 0 amide bonds. The molecule has 1 N–H and O–H groups in total. The van der Waals surface area contributed by atoms with Crippen molar-refractivity contribution in [2.24, 2.45) is 0 Å². The monoisotopic (exact) mass is 279 g/mol. The minimum atomic E-state index is 0.101. The standard InChI is InChI=1S/C15H29N5/c1-15(2,3)18-11-13-10-17-14(12-16-13)20(6)9-7-8-19(4)5/h10,12,18H,7-9,11H2,1-6H3. The number of nitrogens with zero attached hydrogens (tertiary/aromatic N) is 4. The molecule has 0 spiro atoms. The Morgan fingerprint density at radius 1 is 1.05 bits per heavy atom. The first-order valence-corrected chi connectivity index (χ1v) is 7.20. The van der Waals surface area contributed by atoms with E-state index < -0.39 is 0 Å². The van der Waals surface area contributed by atoms with Crippen LogP contribution < -0.4 is 10.2 Å². The first-order chi connectivity index (χ1) is 9.28. The Morgan fingerprint density at radius 3 is 2.25 bits per heavy atom. The zero-order valence-corrected chi connectivity index (χ0v) is 13.8. The summed E-state index contributed by atoms with van der Waals surface area (Å²) in [4.78, 5) is 13.3. The van der Waals surface area contributed by atoms with Gasteiger partial charge in [-0.3, -0.25) is 4.98 Å². The van der Waals surface area contributed by atoms with Crippen LogP contribution in [0.3, 0.4) is 0 Å². The lowest BCUT2D eigenvalue weighted by atomic mass is 10.1. The zero-order valence-electron chi connectivity index (χ0n) is 13.8. The van der Waals surface area contributed by atoms with E-state index in [0.717, 1.165) is 37.6 Å². The van der Waals surface area contributed by atoms with Crippen molar-refractivity contribution in [1.29, 1.82) is 0 Å². The average Bonchev–Trinajstić information content (AvgIpc) is 2.35. The molecule has 0 saturated heterocycles. The summed E-state index contributed by atoms with van der Waals surface area (Å²) in [6.07, 6.45) is 4.84. The molecule has 0 saturated carbocycles. The molecule has 1 rings (SSSR count). The van der Waals surface area contributed by atoms with Crippen molar-refractivity contribution in [2.45, 2.75) is 39.3 Å². The average molecular weight is 279 g/mol. The maximum absolute atomic E-state index is 4.49. The molecule has 114 valence electrons. The third-order valence-corrected chi connectivity index (χ3v) is 2.98. The predicted octanol–water partition coefficient (Wildman–Crippen LogP) is 1.75. The lowest BCUT2D eigenvalue weighted by Gasteiger charge is -2.21.